The van der Waals surface area contributed by atoms with Gasteiger partial charge in [0, 0.05) is 6.16 Å². The molecule has 0 aliphatic carbocycles. The SMILES string of the molecule is CCCCCP(=O)([O-])O.[Na+]. The van der Waals surface area contributed by atoms with Gasteiger partial charge in [0.05, 0.1) is 0 Å². The van der Waals surface area contributed by atoms with Gasteiger partial charge in [0.2, 0.25) is 0 Å². The molecule has 1 N–H and O–H groups in total. The van der Waals surface area contributed by atoms with Crippen molar-refractivity contribution in [3.05, 3.63) is 0 Å². The van der Waals surface area contributed by atoms with Crippen molar-refractivity contribution in [2.24, 2.45) is 0 Å². The van der Waals surface area contributed by atoms with Crippen molar-refractivity contribution in [2.75, 3.05) is 6.16 Å². The van der Waals surface area contributed by atoms with Gasteiger partial charge in [-0.15, -0.1) is 0 Å². The minimum absolute atomic E-state index is 0. The molecule has 0 bridgehead atoms. The summed E-state index contributed by atoms with van der Waals surface area (Å²) in [5, 5.41) is 0. The second-order valence-electron chi connectivity index (χ2n) is 2.07. The van der Waals surface area contributed by atoms with Crippen LogP contribution in [0, 0.1) is 0 Å². The quantitative estimate of drug-likeness (QED) is 0.297. The van der Waals surface area contributed by atoms with Crippen molar-refractivity contribution in [3.63, 3.8) is 0 Å². The second kappa shape index (κ2) is 6.84. The van der Waals surface area contributed by atoms with E-state index in [1.54, 1.807) is 0 Å². The van der Waals surface area contributed by atoms with E-state index in [1.165, 1.54) is 0 Å². The minimum atomic E-state index is -3.95. The fourth-order valence-corrected chi connectivity index (χ4v) is 1.18. The Kier molecular flexibility index (Phi) is 9.38. The van der Waals surface area contributed by atoms with Gasteiger partial charge in [-0.3, -0.25) is 0 Å². The zero-order chi connectivity index (χ0) is 7.33. The average Bonchev–Trinajstić information content (AvgIpc) is 1.63. The van der Waals surface area contributed by atoms with Crippen LogP contribution < -0.4 is 34.5 Å². The van der Waals surface area contributed by atoms with Crippen LogP contribution in [0.5, 0.6) is 0 Å². The Morgan fingerprint density at radius 1 is 1.50 bits per heavy atom. The van der Waals surface area contributed by atoms with Gasteiger partial charge in [-0.05, 0) is 6.42 Å². The minimum Gasteiger partial charge on any atom is -0.779 e. The van der Waals surface area contributed by atoms with Crippen molar-refractivity contribution >= 4 is 7.60 Å². The molecule has 0 aliphatic rings. The summed E-state index contributed by atoms with van der Waals surface area (Å²) in [5.74, 6) is 0. The van der Waals surface area contributed by atoms with Gasteiger partial charge in [0.25, 0.3) is 0 Å². The molecule has 0 spiro atoms. The van der Waals surface area contributed by atoms with Crippen LogP contribution in [0.15, 0.2) is 0 Å². The van der Waals surface area contributed by atoms with Crippen molar-refractivity contribution < 1.29 is 43.9 Å². The van der Waals surface area contributed by atoms with Crippen LogP contribution >= 0.6 is 7.60 Å². The van der Waals surface area contributed by atoms with E-state index in [0.717, 1.165) is 12.8 Å². The van der Waals surface area contributed by atoms with Crippen molar-refractivity contribution in [3.8, 4) is 0 Å². The van der Waals surface area contributed by atoms with E-state index in [4.69, 9.17) is 4.89 Å². The first-order valence-electron chi connectivity index (χ1n) is 3.09. The molecule has 0 aromatic heterocycles. The van der Waals surface area contributed by atoms with Gasteiger partial charge < -0.3 is 14.4 Å². The third-order valence-corrected chi connectivity index (χ3v) is 1.93. The molecular formula is C5H12NaO3P. The fraction of sp³-hybridized carbons (Fsp3) is 1.00. The predicted molar refractivity (Wildman–Crippen MR) is 34.2 cm³/mol. The first-order chi connectivity index (χ1) is 4.06. The normalized spacial score (nSPS) is 15.5. The van der Waals surface area contributed by atoms with E-state index in [9.17, 15) is 9.46 Å². The Labute approximate surface area is 83.7 Å². The van der Waals surface area contributed by atoms with Crippen LogP contribution in [-0.4, -0.2) is 11.1 Å². The molecule has 0 fully saturated rings. The molecule has 5 heteroatoms. The third kappa shape index (κ3) is 11.9. The van der Waals surface area contributed by atoms with Gasteiger partial charge in [0.15, 0.2) is 0 Å². The van der Waals surface area contributed by atoms with E-state index in [1.807, 2.05) is 6.92 Å². The molecule has 0 rings (SSSR count). The molecule has 3 nitrogen and oxygen atoms in total. The molecule has 0 heterocycles. The van der Waals surface area contributed by atoms with E-state index >= 15 is 0 Å². The molecule has 0 saturated carbocycles. The van der Waals surface area contributed by atoms with Gasteiger partial charge in [-0.1, -0.05) is 19.8 Å². The monoisotopic (exact) mass is 174 g/mol. The van der Waals surface area contributed by atoms with Crippen molar-refractivity contribution in [2.45, 2.75) is 26.2 Å². The number of hydrogen-bond donors (Lipinski definition) is 1. The van der Waals surface area contributed by atoms with Gasteiger partial charge in [-0.2, -0.15) is 0 Å². The molecule has 0 aromatic carbocycles. The van der Waals surface area contributed by atoms with Crippen LogP contribution in [-0.2, 0) is 4.57 Å². The van der Waals surface area contributed by atoms with E-state index in [2.05, 4.69) is 0 Å². The summed E-state index contributed by atoms with van der Waals surface area (Å²) >= 11 is 0. The standard InChI is InChI=1S/C5H13O3P.Na/c1-2-3-4-5-9(6,7)8;/h2-5H2,1H3,(H2,6,7,8);/q;+1/p-1. The second-order valence-corrected chi connectivity index (χ2v) is 3.79. The topological polar surface area (TPSA) is 60.4 Å². The largest absolute Gasteiger partial charge is 1.00 e. The molecular weight excluding hydrogens is 162 g/mol. The smallest absolute Gasteiger partial charge is 0.779 e. The van der Waals surface area contributed by atoms with Crippen LogP contribution in [0.25, 0.3) is 0 Å². The fourth-order valence-electron chi connectivity index (χ4n) is 0.562. The summed E-state index contributed by atoms with van der Waals surface area (Å²) < 4.78 is 10.1. The summed E-state index contributed by atoms with van der Waals surface area (Å²) in [6.45, 7) is 1.98. The Balaban J connectivity index is 0. The molecule has 0 saturated heterocycles. The number of hydrogen-bond acceptors (Lipinski definition) is 2. The number of rotatable bonds is 4. The molecule has 1 unspecified atom stereocenters. The zero-order valence-corrected chi connectivity index (χ0v) is 9.43. The molecule has 0 radical (unpaired) electrons. The maximum absolute atomic E-state index is 10.1. The van der Waals surface area contributed by atoms with Crippen LogP contribution in [0.1, 0.15) is 26.2 Å². The first kappa shape index (κ1) is 13.7. The molecule has 0 aromatic rings. The maximum atomic E-state index is 10.1. The van der Waals surface area contributed by atoms with E-state index in [0.29, 0.717) is 6.42 Å². The van der Waals surface area contributed by atoms with E-state index < -0.39 is 7.60 Å². The molecule has 10 heavy (non-hydrogen) atoms. The Morgan fingerprint density at radius 3 is 2.30 bits per heavy atom. The third-order valence-electron chi connectivity index (χ3n) is 1.04. The van der Waals surface area contributed by atoms with Crippen LogP contribution in [0.3, 0.4) is 0 Å². The van der Waals surface area contributed by atoms with Crippen LogP contribution in [0.2, 0.25) is 0 Å². The Bertz CT molecular complexity index is 111. The summed E-state index contributed by atoms with van der Waals surface area (Å²) in [7, 11) is -3.95. The number of unbranched alkanes of at least 4 members (excludes halogenated alkanes) is 2. The van der Waals surface area contributed by atoms with Crippen molar-refractivity contribution in [1.82, 2.24) is 0 Å². The summed E-state index contributed by atoms with van der Waals surface area (Å²) in [4.78, 5) is 18.3. The molecule has 0 aliphatic heterocycles. The van der Waals surface area contributed by atoms with Gasteiger partial charge in [-0.25, -0.2) is 0 Å². The Morgan fingerprint density at radius 2 is 2.00 bits per heavy atom. The van der Waals surface area contributed by atoms with Crippen LogP contribution in [0.4, 0.5) is 0 Å². The summed E-state index contributed by atoms with van der Waals surface area (Å²) in [6, 6.07) is 0. The van der Waals surface area contributed by atoms with Gasteiger partial charge >= 0.3 is 29.6 Å². The summed E-state index contributed by atoms with van der Waals surface area (Å²) in [6.07, 6.45) is 2.35. The Hall–Kier alpha value is 1.15. The van der Waals surface area contributed by atoms with Gasteiger partial charge in [0.1, 0.15) is 7.60 Å². The molecule has 0 amide bonds. The maximum Gasteiger partial charge on any atom is 1.00 e. The van der Waals surface area contributed by atoms with E-state index in [-0.39, 0.29) is 35.7 Å². The molecule has 56 valence electrons. The molecule has 1 atom stereocenters. The zero-order valence-electron chi connectivity index (χ0n) is 6.54. The van der Waals surface area contributed by atoms with Crippen molar-refractivity contribution in [1.29, 1.82) is 0 Å². The summed E-state index contributed by atoms with van der Waals surface area (Å²) in [5.41, 5.74) is 0. The predicted octanol–water partition coefficient (Wildman–Crippen LogP) is -2.27. The first-order valence-corrected chi connectivity index (χ1v) is 4.85. The average molecular weight is 174 g/mol.